The number of para-hydroxylation sites is 1. The van der Waals surface area contributed by atoms with Gasteiger partial charge in [-0.15, -0.1) is 0 Å². The molecular formula is C17H25N3O2. The van der Waals surface area contributed by atoms with Crippen molar-refractivity contribution >= 4 is 17.6 Å². The van der Waals surface area contributed by atoms with Crippen LogP contribution in [0.25, 0.3) is 0 Å². The lowest BCUT2D eigenvalue weighted by molar-refractivity contribution is -0.131. The first-order valence-corrected chi connectivity index (χ1v) is 7.62. The molecular weight excluding hydrogens is 278 g/mol. The molecule has 1 heterocycles. The summed E-state index contributed by atoms with van der Waals surface area (Å²) < 4.78 is 0. The van der Waals surface area contributed by atoms with E-state index in [9.17, 15) is 9.59 Å². The van der Waals surface area contributed by atoms with E-state index in [-0.39, 0.29) is 23.5 Å². The molecule has 1 aliphatic rings. The number of nitrogens with zero attached hydrogens (tertiary/aromatic N) is 1. The van der Waals surface area contributed by atoms with Gasteiger partial charge in [-0.2, -0.15) is 0 Å². The van der Waals surface area contributed by atoms with Crippen molar-refractivity contribution in [3.8, 4) is 0 Å². The van der Waals surface area contributed by atoms with Gasteiger partial charge in [-0.05, 0) is 45.7 Å². The number of likely N-dealkylation sites (tertiary alicyclic amines) is 1. The van der Waals surface area contributed by atoms with Gasteiger partial charge in [0.05, 0.1) is 6.04 Å². The van der Waals surface area contributed by atoms with Crippen LogP contribution in [0.5, 0.6) is 0 Å². The van der Waals surface area contributed by atoms with Crippen LogP contribution >= 0.6 is 0 Å². The van der Waals surface area contributed by atoms with E-state index in [1.54, 1.807) is 0 Å². The topological polar surface area (TPSA) is 61.4 Å². The number of carbonyl (C=O) groups excluding carboxylic acids is 2. The van der Waals surface area contributed by atoms with Gasteiger partial charge in [0.25, 0.3) is 0 Å². The maximum atomic E-state index is 12.2. The highest BCUT2D eigenvalue weighted by atomic mass is 16.2. The molecule has 1 unspecified atom stereocenters. The summed E-state index contributed by atoms with van der Waals surface area (Å²) in [4.78, 5) is 26.0. The largest absolute Gasteiger partial charge is 0.336 e. The SMILES string of the molecule is Cc1cccc(C)c1NC(=O)NC1CC(=O)N(C(C)(C)C)C1. The molecule has 22 heavy (non-hydrogen) atoms. The Balaban J connectivity index is 1.98. The van der Waals surface area contributed by atoms with Crippen molar-refractivity contribution < 1.29 is 9.59 Å². The van der Waals surface area contributed by atoms with Gasteiger partial charge in [-0.1, -0.05) is 18.2 Å². The molecule has 2 N–H and O–H groups in total. The van der Waals surface area contributed by atoms with E-state index < -0.39 is 0 Å². The monoisotopic (exact) mass is 303 g/mol. The summed E-state index contributed by atoms with van der Waals surface area (Å²) in [6.45, 7) is 10.5. The predicted molar refractivity (Wildman–Crippen MR) is 87.9 cm³/mol. The first-order chi connectivity index (χ1) is 10.2. The lowest BCUT2D eigenvalue weighted by Gasteiger charge is -2.32. The Bertz CT molecular complexity index is 570. The summed E-state index contributed by atoms with van der Waals surface area (Å²) in [7, 11) is 0. The molecule has 5 heteroatoms. The maximum Gasteiger partial charge on any atom is 0.319 e. The quantitative estimate of drug-likeness (QED) is 0.882. The van der Waals surface area contributed by atoms with Gasteiger partial charge in [0.1, 0.15) is 0 Å². The van der Waals surface area contributed by atoms with Gasteiger partial charge in [-0.25, -0.2) is 4.79 Å². The molecule has 1 fully saturated rings. The third-order valence-corrected chi connectivity index (χ3v) is 3.99. The molecule has 0 radical (unpaired) electrons. The first kappa shape index (κ1) is 16.3. The van der Waals surface area contributed by atoms with E-state index in [4.69, 9.17) is 0 Å². The lowest BCUT2D eigenvalue weighted by Crippen LogP contribution is -2.45. The third-order valence-electron chi connectivity index (χ3n) is 3.99. The Hall–Kier alpha value is -2.04. The van der Waals surface area contributed by atoms with Crippen molar-refractivity contribution in [3.05, 3.63) is 29.3 Å². The van der Waals surface area contributed by atoms with Crippen LogP contribution in [0.4, 0.5) is 10.5 Å². The number of aryl methyl sites for hydroxylation is 2. The van der Waals surface area contributed by atoms with Crippen molar-refractivity contribution in [2.45, 2.75) is 52.6 Å². The summed E-state index contributed by atoms with van der Waals surface area (Å²) in [6.07, 6.45) is 0.359. The van der Waals surface area contributed by atoms with Crippen LogP contribution in [0.2, 0.25) is 0 Å². The second kappa shape index (κ2) is 5.99. The van der Waals surface area contributed by atoms with E-state index >= 15 is 0 Å². The summed E-state index contributed by atoms with van der Waals surface area (Å²) in [5, 5.41) is 5.80. The van der Waals surface area contributed by atoms with Gasteiger partial charge < -0.3 is 15.5 Å². The molecule has 0 saturated carbocycles. The zero-order chi connectivity index (χ0) is 16.5. The molecule has 0 spiro atoms. The summed E-state index contributed by atoms with van der Waals surface area (Å²) in [5.41, 5.74) is 2.66. The standard InChI is InChI=1S/C17H25N3O2/c1-11-7-6-8-12(2)15(11)19-16(22)18-13-9-14(21)20(10-13)17(3,4)5/h6-8,13H,9-10H2,1-5H3,(H2,18,19,22). The highest BCUT2D eigenvalue weighted by molar-refractivity contribution is 5.92. The predicted octanol–water partition coefficient (Wildman–Crippen LogP) is 2.82. The average Bonchev–Trinajstić information content (AvgIpc) is 2.75. The lowest BCUT2D eigenvalue weighted by atomic mass is 10.1. The Kier molecular flexibility index (Phi) is 4.44. The van der Waals surface area contributed by atoms with Crippen LogP contribution in [0.3, 0.4) is 0 Å². The van der Waals surface area contributed by atoms with Gasteiger partial charge in [-0.3, -0.25) is 4.79 Å². The number of carbonyl (C=O) groups is 2. The molecule has 5 nitrogen and oxygen atoms in total. The van der Waals surface area contributed by atoms with E-state index in [1.165, 1.54) is 0 Å². The second-order valence-electron chi connectivity index (χ2n) is 6.94. The number of hydrogen-bond acceptors (Lipinski definition) is 2. The van der Waals surface area contributed by atoms with Crippen LogP contribution in [0.1, 0.15) is 38.3 Å². The molecule has 1 saturated heterocycles. The van der Waals surface area contributed by atoms with Crippen LogP contribution in [-0.4, -0.2) is 35.0 Å². The van der Waals surface area contributed by atoms with Crippen molar-refractivity contribution in [3.63, 3.8) is 0 Å². The Morgan fingerprint density at radius 2 is 1.82 bits per heavy atom. The van der Waals surface area contributed by atoms with Crippen LogP contribution in [-0.2, 0) is 4.79 Å². The van der Waals surface area contributed by atoms with Crippen molar-refractivity contribution in [2.24, 2.45) is 0 Å². The highest BCUT2D eigenvalue weighted by Crippen LogP contribution is 2.22. The Morgan fingerprint density at radius 3 is 2.32 bits per heavy atom. The minimum absolute atomic E-state index is 0.0878. The fourth-order valence-electron chi connectivity index (χ4n) is 2.80. The summed E-state index contributed by atoms with van der Waals surface area (Å²) >= 11 is 0. The first-order valence-electron chi connectivity index (χ1n) is 7.62. The fraction of sp³-hybridized carbons (Fsp3) is 0.529. The molecule has 0 aromatic heterocycles. The van der Waals surface area contributed by atoms with E-state index in [1.807, 2.05) is 57.7 Å². The Labute approximate surface area is 132 Å². The number of anilines is 1. The molecule has 1 aromatic carbocycles. The van der Waals surface area contributed by atoms with Crippen LogP contribution in [0, 0.1) is 13.8 Å². The summed E-state index contributed by atoms with van der Waals surface area (Å²) in [5.74, 6) is 0.0878. The minimum Gasteiger partial charge on any atom is -0.336 e. The number of benzene rings is 1. The number of nitrogens with one attached hydrogen (secondary N) is 2. The second-order valence-corrected chi connectivity index (χ2v) is 6.94. The third kappa shape index (κ3) is 3.59. The van der Waals surface area contributed by atoms with Crippen molar-refractivity contribution in [1.29, 1.82) is 0 Å². The number of urea groups is 1. The van der Waals surface area contributed by atoms with Gasteiger partial charge >= 0.3 is 6.03 Å². The normalized spacial score (nSPS) is 18.5. The van der Waals surface area contributed by atoms with Crippen LogP contribution in [0.15, 0.2) is 18.2 Å². The van der Waals surface area contributed by atoms with Crippen LogP contribution < -0.4 is 10.6 Å². The number of hydrogen-bond donors (Lipinski definition) is 2. The molecule has 3 amide bonds. The van der Waals surface area contributed by atoms with E-state index in [0.29, 0.717) is 13.0 Å². The zero-order valence-electron chi connectivity index (χ0n) is 14.0. The zero-order valence-corrected chi connectivity index (χ0v) is 14.0. The van der Waals surface area contributed by atoms with Gasteiger partial charge in [0.15, 0.2) is 0 Å². The highest BCUT2D eigenvalue weighted by Gasteiger charge is 2.36. The van der Waals surface area contributed by atoms with Crippen molar-refractivity contribution in [1.82, 2.24) is 10.2 Å². The molecule has 1 aliphatic heterocycles. The molecule has 2 rings (SSSR count). The molecule has 0 bridgehead atoms. The van der Waals surface area contributed by atoms with Crippen molar-refractivity contribution in [2.75, 3.05) is 11.9 Å². The Morgan fingerprint density at radius 1 is 1.23 bits per heavy atom. The molecule has 1 atom stereocenters. The maximum absolute atomic E-state index is 12.2. The summed E-state index contributed by atoms with van der Waals surface area (Å²) in [6, 6.07) is 5.48. The van der Waals surface area contributed by atoms with Gasteiger partial charge in [0.2, 0.25) is 5.91 Å². The average molecular weight is 303 g/mol. The minimum atomic E-state index is -0.258. The van der Waals surface area contributed by atoms with E-state index in [0.717, 1.165) is 16.8 Å². The molecule has 0 aliphatic carbocycles. The smallest absolute Gasteiger partial charge is 0.319 e. The van der Waals surface area contributed by atoms with Gasteiger partial charge in [0, 0.05) is 24.2 Å². The number of amides is 3. The number of rotatable bonds is 2. The van der Waals surface area contributed by atoms with E-state index in [2.05, 4.69) is 10.6 Å². The fourth-order valence-corrected chi connectivity index (χ4v) is 2.80. The molecule has 120 valence electrons. The molecule has 1 aromatic rings.